The minimum Gasteiger partial charge on any atom is -0.467 e. The number of fused-ring (bicyclic) bond motifs is 1. The number of β-amino-alcohol motifs (C(OH)–C–C–N with tert-alkyl or cyclic N) is 1. The molecule has 1 aliphatic rings. The highest BCUT2D eigenvalue weighted by Crippen LogP contribution is 2.21. The summed E-state index contributed by atoms with van der Waals surface area (Å²) in [7, 11) is 1.25. The third-order valence-corrected chi connectivity index (χ3v) is 11.1. The number of likely N-dealkylation sites (tertiary alicyclic amines) is 1. The van der Waals surface area contributed by atoms with E-state index in [1.54, 1.807) is 18.2 Å². The van der Waals surface area contributed by atoms with Crippen molar-refractivity contribution in [3.8, 4) is 0 Å². The Labute approximate surface area is 350 Å². The van der Waals surface area contributed by atoms with E-state index in [0.29, 0.717) is 31.4 Å². The minimum absolute atomic E-state index is 0.0124. The predicted molar refractivity (Wildman–Crippen MR) is 227 cm³/mol. The Kier molecular flexibility index (Phi) is 16.3. The predicted octanol–water partition coefficient (Wildman–Crippen LogP) is 2.80. The van der Waals surface area contributed by atoms with Crippen molar-refractivity contribution in [1.82, 2.24) is 26.2 Å². The molecule has 5 rings (SSSR count). The molecule has 0 spiro atoms. The number of aliphatic hydroxyl groups is 1. The van der Waals surface area contributed by atoms with Crippen LogP contribution >= 0.6 is 0 Å². The third kappa shape index (κ3) is 12.4. The van der Waals surface area contributed by atoms with Gasteiger partial charge in [0.05, 0.1) is 31.7 Å². The van der Waals surface area contributed by atoms with E-state index < -0.39 is 78.2 Å². The molecule has 1 aliphatic heterocycles. The van der Waals surface area contributed by atoms with Crippen LogP contribution in [0.2, 0.25) is 0 Å². The molecule has 60 heavy (non-hydrogen) atoms. The molecule has 0 saturated carbocycles. The highest BCUT2D eigenvalue weighted by atomic mass is 16.5. The average Bonchev–Trinajstić information content (AvgIpc) is 3.72. The number of benzene rings is 4. The summed E-state index contributed by atoms with van der Waals surface area (Å²) >= 11 is 0. The van der Waals surface area contributed by atoms with Crippen LogP contribution in [0.3, 0.4) is 0 Å². The molecule has 0 radical (unpaired) electrons. The van der Waals surface area contributed by atoms with Crippen LogP contribution in [0.25, 0.3) is 10.8 Å². The summed E-state index contributed by atoms with van der Waals surface area (Å²) in [5.74, 6) is -3.90. The summed E-state index contributed by atoms with van der Waals surface area (Å²) in [5, 5.41) is 24.8. The van der Waals surface area contributed by atoms with Crippen molar-refractivity contribution in [3.05, 3.63) is 120 Å². The number of ether oxygens (including phenoxy) is 1. The van der Waals surface area contributed by atoms with E-state index in [1.807, 2.05) is 104 Å². The maximum atomic E-state index is 14.0. The second kappa shape index (κ2) is 21.8. The lowest BCUT2D eigenvalue weighted by Crippen LogP contribution is -2.59. The summed E-state index contributed by atoms with van der Waals surface area (Å²) in [6, 6.07) is 26.2. The van der Waals surface area contributed by atoms with Crippen LogP contribution in [0, 0.1) is 5.92 Å². The molecule has 0 bridgehead atoms. The number of hydrogen-bond acceptors (Lipinski definition) is 9. The molecule has 1 fully saturated rings. The zero-order valence-corrected chi connectivity index (χ0v) is 34.3. The van der Waals surface area contributed by atoms with Gasteiger partial charge in [0.25, 0.3) is 5.91 Å². The number of nitrogens with one attached hydrogen (secondary N) is 4. The van der Waals surface area contributed by atoms with Crippen molar-refractivity contribution < 1.29 is 38.6 Å². The highest BCUT2D eigenvalue weighted by Gasteiger charge is 2.38. The van der Waals surface area contributed by atoms with E-state index in [2.05, 4.69) is 21.3 Å². The zero-order valence-electron chi connectivity index (χ0n) is 34.3. The van der Waals surface area contributed by atoms with Gasteiger partial charge in [-0.1, -0.05) is 111 Å². The summed E-state index contributed by atoms with van der Waals surface area (Å²) in [4.78, 5) is 81.8. The van der Waals surface area contributed by atoms with Crippen molar-refractivity contribution in [1.29, 1.82) is 0 Å². The van der Waals surface area contributed by atoms with Gasteiger partial charge in [-0.2, -0.15) is 0 Å². The number of amides is 5. The smallest absolute Gasteiger partial charge is 0.328 e. The van der Waals surface area contributed by atoms with Crippen LogP contribution in [0.15, 0.2) is 103 Å². The fourth-order valence-corrected chi connectivity index (χ4v) is 7.52. The molecule has 7 atom stereocenters. The first-order chi connectivity index (χ1) is 28.9. The monoisotopic (exact) mass is 820 g/mol. The van der Waals surface area contributed by atoms with E-state index in [1.165, 1.54) is 7.11 Å². The largest absolute Gasteiger partial charge is 0.467 e. The first-order valence-corrected chi connectivity index (χ1v) is 20.4. The molecule has 1 saturated heterocycles. The highest BCUT2D eigenvalue weighted by molar-refractivity contribution is 6.01. The average molecular weight is 821 g/mol. The first kappa shape index (κ1) is 45.0. The number of primary amides is 1. The molecule has 318 valence electrons. The van der Waals surface area contributed by atoms with Gasteiger partial charge in [0.15, 0.2) is 0 Å². The second-order valence-electron chi connectivity index (χ2n) is 15.4. The van der Waals surface area contributed by atoms with E-state index >= 15 is 0 Å². The summed E-state index contributed by atoms with van der Waals surface area (Å²) in [5.41, 5.74) is 7.46. The molecular weight excluding hydrogens is 765 g/mol. The maximum absolute atomic E-state index is 14.0. The number of nitrogens with two attached hydrogens (primary N) is 1. The number of esters is 1. The molecule has 0 aliphatic carbocycles. The maximum Gasteiger partial charge on any atom is 0.328 e. The van der Waals surface area contributed by atoms with Gasteiger partial charge in [0.2, 0.25) is 23.6 Å². The molecular formula is C46H56N6O8. The topological polar surface area (TPSA) is 209 Å². The minimum atomic E-state index is -1.34. The Hall–Kier alpha value is -6.12. The second-order valence-corrected chi connectivity index (χ2v) is 15.4. The third-order valence-electron chi connectivity index (χ3n) is 11.1. The van der Waals surface area contributed by atoms with Crippen molar-refractivity contribution >= 4 is 46.3 Å². The van der Waals surface area contributed by atoms with Crippen molar-refractivity contribution in [3.63, 3.8) is 0 Å². The van der Waals surface area contributed by atoms with E-state index in [4.69, 9.17) is 10.5 Å². The molecule has 0 unspecified atom stereocenters. The van der Waals surface area contributed by atoms with Gasteiger partial charge < -0.3 is 36.8 Å². The lowest BCUT2D eigenvalue weighted by atomic mass is 9.96. The van der Waals surface area contributed by atoms with E-state index in [0.717, 1.165) is 21.9 Å². The Balaban J connectivity index is 1.29. The molecule has 4 aromatic carbocycles. The van der Waals surface area contributed by atoms with Gasteiger partial charge in [-0.3, -0.25) is 28.9 Å². The summed E-state index contributed by atoms with van der Waals surface area (Å²) in [6.07, 6.45) is 0.378. The Morgan fingerprint density at radius 1 is 0.783 bits per heavy atom. The van der Waals surface area contributed by atoms with Crippen LogP contribution in [0.5, 0.6) is 0 Å². The fraction of sp³-hybridized carbons (Fsp3) is 0.391. The van der Waals surface area contributed by atoms with Gasteiger partial charge in [-0.25, -0.2) is 4.79 Å². The van der Waals surface area contributed by atoms with Gasteiger partial charge in [0, 0.05) is 18.5 Å². The van der Waals surface area contributed by atoms with Crippen molar-refractivity contribution in [2.45, 2.75) is 88.7 Å². The zero-order chi connectivity index (χ0) is 43.2. The van der Waals surface area contributed by atoms with Crippen LogP contribution in [-0.4, -0.2) is 102 Å². The summed E-state index contributed by atoms with van der Waals surface area (Å²) in [6.45, 7) is 4.20. The number of hydrogen-bond donors (Lipinski definition) is 6. The lowest BCUT2D eigenvalue weighted by molar-refractivity contribution is -0.145. The number of carbonyl (C=O) groups is 6. The normalized spacial score (nSPS) is 17.0. The van der Waals surface area contributed by atoms with Gasteiger partial charge >= 0.3 is 5.97 Å². The van der Waals surface area contributed by atoms with Crippen molar-refractivity contribution in [2.75, 3.05) is 20.2 Å². The molecule has 0 aromatic heterocycles. The van der Waals surface area contributed by atoms with Crippen LogP contribution in [0.4, 0.5) is 0 Å². The SMILES string of the molecule is CC[C@H](C)[C@H](NC(=O)[C@@H]1CCCN1C[C@H](O)[C@H](Cc1ccccc1)NC(=O)[C@H](CC(N)=O)NC(=O)c1ccc2ccccc2c1)C(=O)N[C@@H](Cc1ccccc1)C(=O)OC. The first-order valence-electron chi connectivity index (χ1n) is 20.4. The van der Waals surface area contributed by atoms with Crippen LogP contribution < -0.4 is 27.0 Å². The molecule has 7 N–H and O–H groups in total. The van der Waals surface area contributed by atoms with Crippen LogP contribution in [-0.2, 0) is 41.6 Å². The van der Waals surface area contributed by atoms with Gasteiger partial charge in [-0.15, -0.1) is 0 Å². The Morgan fingerprint density at radius 2 is 1.42 bits per heavy atom. The molecule has 5 amide bonds. The van der Waals surface area contributed by atoms with Gasteiger partial charge in [-0.05, 0) is 65.8 Å². The number of aliphatic hydroxyl groups excluding tert-OH is 1. The lowest BCUT2D eigenvalue weighted by Gasteiger charge is -2.33. The van der Waals surface area contributed by atoms with Crippen molar-refractivity contribution in [2.24, 2.45) is 11.7 Å². The number of methoxy groups -OCH3 is 1. The Morgan fingerprint density at radius 3 is 2.05 bits per heavy atom. The molecule has 4 aromatic rings. The quantitative estimate of drug-likeness (QED) is 0.0724. The van der Waals surface area contributed by atoms with Gasteiger partial charge in [0.1, 0.15) is 18.1 Å². The number of rotatable bonds is 20. The molecule has 14 nitrogen and oxygen atoms in total. The molecule has 14 heteroatoms. The number of carbonyl (C=O) groups excluding carboxylic acids is 6. The fourth-order valence-electron chi connectivity index (χ4n) is 7.52. The standard InChI is InChI=1S/C46H56N6O8/c1-4-29(2)41(45(58)50-37(46(59)60-3)25-31-16-9-6-10-17-31)51-44(57)38-20-13-23-52(38)28-39(53)35(24-30-14-7-5-8-15-30)48-43(56)36(27-40(47)54)49-42(55)34-22-21-32-18-11-12-19-33(32)26-34/h5-12,14-19,21-22,26,29,35-39,41,53H,4,13,20,23-25,27-28H2,1-3H3,(H2,47,54)(H,48,56)(H,49,55)(H,50,58)(H,51,57)/t29-,35-,36-,37-,38-,39-,41-/m0/s1. The van der Waals surface area contributed by atoms with E-state index in [9.17, 15) is 33.9 Å². The summed E-state index contributed by atoms with van der Waals surface area (Å²) < 4.78 is 4.99. The van der Waals surface area contributed by atoms with E-state index in [-0.39, 0.29) is 25.3 Å². The molecule has 1 heterocycles. The number of nitrogens with zero attached hydrogens (tertiary/aromatic N) is 1. The van der Waals surface area contributed by atoms with Crippen LogP contribution in [0.1, 0.15) is 61.0 Å². The Bertz CT molecular complexity index is 2100.